The van der Waals surface area contributed by atoms with Crippen LogP contribution in [0.3, 0.4) is 0 Å². The summed E-state index contributed by atoms with van der Waals surface area (Å²) < 4.78 is 15.9. The number of carbonyl (C=O) groups excluding carboxylic acids is 1. The highest BCUT2D eigenvalue weighted by atomic mass is 16.5. The summed E-state index contributed by atoms with van der Waals surface area (Å²) >= 11 is 0. The van der Waals surface area contributed by atoms with E-state index in [0.29, 0.717) is 17.7 Å². The van der Waals surface area contributed by atoms with Gasteiger partial charge in [0.2, 0.25) is 5.88 Å². The highest BCUT2D eigenvalue weighted by Crippen LogP contribution is 2.39. The van der Waals surface area contributed by atoms with Gasteiger partial charge in [-0.25, -0.2) is 0 Å². The van der Waals surface area contributed by atoms with Gasteiger partial charge in [-0.2, -0.15) is 9.97 Å². The summed E-state index contributed by atoms with van der Waals surface area (Å²) in [5.41, 5.74) is 2.74. The Morgan fingerprint density at radius 1 is 0.897 bits per heavy atom. The fourth-order valence-electron chi connectivity index (χ4n) is 3.58. The summed E-state index contributed by atoms with van der Waals surface area (Å²) in [5.74, 6) is 0.761. The van der Waals surface area contributed by atoms with E-state index in [1.54, 1.807) is 12.0 Å². The van der Waals surface area contributed by atoms with Crippen molar-refractivity contribution in [2.45, 2.75) is 12.5 Å². The lowest BCUT2D eigenvalue weighted by Gasteiger charge is -2.36. The van der Waals surface area contributed by atoms with Crippen molar-refractivity contribution in [1.29, 1.82) is 0 Å². The number of rotatable bonds is 5. The Kier molecular flexibility index (Phi) is 5.03. The Morgan fingerprint density at radius 2 is 1.62 bits per heavy atom. The standard InChI is InChI=1S/C22H21N3O4/c1-27-16-11-9-14(10-12-16)18-13-17-19(20(28-2)24-22(23-17)29-3)21(26)25(18)15-7-5-4-6-8-15/h4-12,18H,13H2,1-3H3. The third kappa shape index (κ3) is 3.35. The fourth-order valence-corrected chi connectivity index (χ4v) is 3.58. The van der Waals surface area contributed by atoms with E-state index in [2.05, 4.69) is 9.97 Å². The largest absolute Gasteiger partial charge is 0.497 e. The minimum Gasteiger partial charge on any atom is -0.497 e. The quantitative estimate of drug-likeness (QED) is 0.663. The maximum atomic E-state index is 13.6. The minimum atomic E-state index is -0.243. The lowest BCUT2D eigenvalue weighted by atomic mass is 9.92. The average molecular weight is 391 g/mol. The SMILES string of the molecule is COc1ccc(C2Cc3nc(OC)nc(OC)c3C(=O)N2c2ccccc2)cc1. The molecular formula is C22H21N3O4. The predicted molar refractivity (Wildman–Crippen MR) is 108 cm³/mol. The van der Waals surface area contributed by atoms with Gasteiger partial charge in [-0.15, -0.1) is 0 Å². The van der Waals surface area contributed by atoms with Crippen molar-refractivity contribution < 1.29 is 19.0 Å². The Morgan fingerprint density at radius 3 is 2.24 bits per heavy atom. The van der Waals surface area contributed by atoms with Gasteiger partial charge in [0, 0.05) is 12.1 Å². The Labute approximate surface area is 168 Å². The molecule has 0 radical (unpaired) electrons. The van der Waals surface area contributed by atoms with Crippen LogP contribution in [-0.4, -0.2) is 37.2 Å². The zero-order valence-electron chi connectivity index (χ0n) is 16.5. The predicted octanol–water partition coefficient (Wildman–Crippen LogP) is 3.45. The molecule has 1 aromatic heterocycles. The van der Waals surface area contributed by atoms with Gasteiger partial charge >= 0.3 is 6.01 Å². The fraction of sp³-hybridized carbons (Fsp3) is 0.227. The van der Waals surface area contributed by atoms with Crippen molar-refractivity contribution in [3.05, 3.63) is 71.4 Å². The second-order valence-electron chi connectivity index (χ2n) is 6.55. The van der Waals surface area contributed by atoms with Crippen LogP contribution in [0.15, 0.2) is 54.6 Å². The smallest absolute Gasteiger partial charge is 0.319 e. The molecule has 0 saturated heterocycles. The third-order valence-electron chi connectivity index (χ3n) is 4.97. The van der Waals surface area contributed by atoms with Gasteiger partial charge in [0.05, 0.1) is 33.1 Å². The number of carbonyl (C=O) groups is 1. The Bertz CT molecular complexity index is 1020. The summed E-state index contributed by atoms with van der Waals surface area (Å²) in [6, 6.07) is 17.2. The number of benzene rings is 2. The second-order valence-corrected chi connectivity index (χ2v) is 6.55. The maximum absolute atomic E-state index is 13.6. The van der Waals surface area contributed by atoms with Gasteiger partial charge in [-0.3, -0.25) is 4.79 Å². The number of ether oxygens (including phenoxy) is 3. The van der Waals surface area contributed by atoms with Crippen molar-refractivity contribution in [2.24, 2.45) is 0 Å². The lowest BCUT2D eigenvalue weighted by Crippen LogP contribution is -2.41. The van der Waals surface area contributed by atoms with Crippen LogP contribution >= 0.6 is 0 Å². The molecule has 29 heavy (non-hydrogen) atoms. The molecule has 2 aromatic carbocycles. The van der Waals surface area contributed by atoms with Gasteiger partial charge in [-0.1, -0.05) is 30.3 Å². The van der Waals surface area contributed by atoms with E-state index in [4.69, 9.17) is 14.2 Å². The number of amides is 1. The topological polar surface area (TPSA) is 73.8 Å². The number of hydrogen-bond acceptors (Lipinski definition) is 6. The highest BCUT2D eigenvalue weighted by Gasteiger charge is 2.38. The number of nitrogens with zero attached hydrogens (tertiary/aromatic N) is 3. The third-order valence-corrected chi connectivity index (χ3v) is 4.97. The molecule has 4 rings (SSSR count). The molecule has 0 saturated carbocycles. The first-order valence-electron chi connectivity index (χ1n) is 9.17. The van der Waals surface area contributed by atoms with E-state index in [1.165, 1.54) is 14.2 Å². The molecule has 7 heteroatoms. The zero-order valence-corrected chi connectivity index (χ0v) is 16.5. The lowest BCUT2D eigenvalue weighted by molar-refractivity contribution is 0.0961. The molecule has 0 fully saturated rings. The summed E-state index contributed by atoms with van der Waals surface area (Å²) in [5, 5.41) is 0. The van der Waals surface area contributed by atoms with Crippen LogP contribution in [0.5, 0.6) is 17.6 Å². The number of anilines is 1. The first kappa shape index (κ1) is 18.7. The molecule has 0 N–H and O–H groups in total. The van der Waals surface area contributed by atoms with E-state index in [9.17, 15) is 4.79 Å². The van der Waals surface area contributed by atoms with Gasteiger partial charge in [0.1, 0.15) is 11.3 Å². The molecule has 1 unspecified atom stereocenters. The molecule has 1 aliphatic rings. The molecule has 7 nitrogen and oxygen atoms in total. The van der Waals surface area contributed by atoms with Crippen LogP contribution in [0.4, 0.5) is 5.69 Å². The monoisotopic (exact) mass is 391 g/mol. The van der Waals surface area contributed by atoms with Gasteiger partial charge in [0.25, 0.3) is 5.91 Å². The number of fused-ring (bicyclic) bond motifs is 1. The molecular weight excluding hydrogens is 370 g/mol. The molecule has 0 bridgehead atoms. The molecule has 148 valence electrons. The number of para-hydroxylation sites is 1. The van der Waals surface area contributed by atoms with Crippen LogP contribution < -0.4 is 19.1 Å². The number of hydrogen-bond donors (Lipinski definition) is 0. The van der Waals surface area contributed by atoms with Crippen LogP contribution in [0.25, 0.3) is 0 Å². The van der Waals surface area contributed by atoms with Crippen molar-refractivity contribution in [3.63, 3.8) is 0 Å². The van der Waals surface area contributed by atoms with Crippen LogP contribution in [0.1, 0.15) is 27.7 Å². The van der Waals surface area contributed by atoms with Crippen LogP contribution in [-0.2, 0) is 6.42 Å². The molecule has 1 amide bonds. The Balaban J connectivity index is 1.88. The van der Waals surface area contributed by atoms with Crippen molar-refractivity contribution in [1.82, 2.24) is 9.97 Å². The van der Waals surface area contributed by atoms with E-state index < -0.39 is 0 Å². The minimum absolute atomic E-state index is 0.176. The first-order valence-corrected chi connectivity index (χ1v) is 9.17. The molecule has 2 heterocycles. The summed E-state index contributed by atoms with van der Waals surface area (Å²) in [6.07, 6.45) is 0.498. The average Bonchev–Trinajstić information content (AvgIpc) is 2.78. The summed E-state index contributed by atoms with van der Waals surface area (Å²) in [4.78, 5) is 24.0. The van der Waals surface area contributed by atoms with Crippen molar-refractivity contribution >= 4 is 11.6 Å². The van der Waals surface area contributed by atoms with Gasteiger partial charge in [0.15, 0.2) is 0 Å². The maximum Gasteiger partial charge on any atom is 0.319 e. The van der Waals surface area contributed by atoms with Crippen LogP contribution in [0, 0.1) is 0 Å². The van der Waals surface area contributed by atoms with Crippen molar-refractivity contribution in [3.8, 4) is 17.6 Å². The summed E-state index contributed by atoms with van der Waals surface area (Å²) in [7, 11) is 4.60. The molecule has 1 aliphatic heterocycles. The van der Waals surface area contributed by atoms with E-state index in [1.807, 2.05) is 54.6 Å². The van der Waals surface area contributed by atoms with E-state index >= 15 is 0 Å². The Hall–Kier alpha value is -3.61. The second kappa shape index (κ2) is 7.79. The molecule has 3 aromatic rings. The first-order chi connectivity index (χ1) is 14.2. The summed E-state index contributed by atoms with van der Waals surface area (Å²) in [6.45, 7) is 0. The molecule has 0 aliphatic carbocycles. The van der Waals surface area contributed by atoms with Crippen molar-refractivity contribution in [2.75, 3.05) is 26.2 Å². The normalized spacial score (nSPS) is 15.6. The number of aromatic nitrogens is 2. The molecule has 0 spiro atoms. The molecule has 1 atom stereocenters. The van der Waals surface area contributed by atoms with Gasteiger partial charge in [-0.05, 0) is 29.8 Å². The highest BCUT2D eigenvalue weighted by molar-refractivity contribution is 6.10. The number of methoxy groups -OCH3 is 3. The van der Waals surface area contributed by atoms with E-state index in [0.717, 1.165) is 17.0 Å². The van der Waals surface area contributed by atoms with Gasteiger partial charge < -0.3 is 19.1 Å². The van der Waals surface area contributed by atoms with Crippen LogP contribution in [0.2, 0.25) is 0 Å². The zero-order chi connectivity index (χ0) is 20.4. The van der Waals surface area contributed by atoms with E-state index in [-0.39, 0.29) is 23.8 Å².